The molecule has 2 atom stereocenters. The molecule has 0 bridgehead atoms. The minimum Gasteiger partial charge on any atom is -0.403 e. The van der Waals surface area contributed by atoms with Gasteiger partial charge in [-0.1, -0.05) is 6.92 Å². The van der Waals surface area contributed by atoms with Crippen LogP contribution in [0.1, 0.15) is 87.1 Å². The number of carbonyl (C=O) groups is 1. The second-order valence-corrected chi connectivity index (χ2v) is 10.6. The summed E-state index contributed by atoms with van der Waals surface area (Å²) in [5, 5.41) is 11.8. The summed E-state index contributed by atoms with van der Waals surface area (Å²) in [7, 11) is 0. The molecule has 2 fully saturated rings. The van der Waals surface area contributed by atoms with E-state index < -0.39 is 30.8 Å². The quantitative estimate of drug-likeness (QED) is 0.211. The van der Waals surface area contributed by atoms with Gasteiger partial charge in [-0.05, 0) is 69.8 Å². The number of rotatable bonds is 12. The predicted molar refractivity (Wildman–Crippen MR) is 132 cm³/mol. The van der Waals surface area contributed by atoms with E-state index in [2.05, 4.69) is 15.5 Å². The zero-order valence-corrected chi connectivity index (χ0v) is 21.8. The van der Waals surface area contributed by atoms with E-state index in [-0.39, 0.29) is 35.5 Å². The molecule has 13 heteroatoms. The van der Waals surface area contributed by atoms with Crippen LogP contribution in [0.2, 0.25) is 0 Å². The van der Waals surface area contributed by atoms with Crippen molar-refractivity contribution in [2.45, 2.75) is 77.2 Å². The second kappa shape index (κ2) is 11.0. The van der Waals surface area contributed by atoms with Crippen LogP contribution in [-0.4, -0.2) is 43.2 Å². The smallest absolute Gasteiger partial charge is 0.403 e. The summed E-state index contributed by atoms with van der Waals surface area (Å²) in [6.07, 6.45) is 3.73. The fourth-order valence-electron chi connectivity index (χ4n) is 5.36. The highest BCUT2D eigenvalue weighted by Crippen LogP contribution is 2.54. The molecule has 9 nitrogen and oxygen atoms in total. The summed E-state index contributed by atoms with van der Waals surface area (Å²) in [6, 6.07) is 0.0829. The molecule has 2 aliphatic carbocycles. The van der Waals surface area contributed by atoms with Crippen molar-refractivity contribution in [3.05, 3.63) is 47.6 Å². The average Bonchev–Trinajstić information content (AvgIpc) is 3.76. The maximum Gasteiger partial charge on any atom is 0.407 e. The van der Waals surface area contributed by atoms with Crippen LogP contribution >= 0.6 is 0 Å². The third kappa shape index (κ3) is 6.13. The molecule has 4 rings (SSSR count). The first-order chi connectivity index (χ1) is 17.9. The molecule has 0 aromatic carbocycles. The number of nitrogens with one attached hydrogen (secondary N) is 1. The van der Waals surface area contributed by atoms with Gasteiger partial charge in [-0.2, -0.15) is 22.7 Å². The van der Waals surface area contributed by atoms with E-state index in [1.54, 1.807) is 23.9 Å². The zero-order chi connectivity index (χ0) is 27.8. The largest absolute Gasteiger partial charge is 0.407 e. The highest BCUT2D eigenvalue weighted by molar-refractivity contribution is 5.92. The number of halogens is 4. The third-order valence-electron chi connectivity index (χ3n) is 7.34. The molecule has 0 spiro atoms. The van der Waals surface area contributed by atoms with Gasteiger partial charge in [0.15, 0.2) is 0 Å². The minimum atomic E-state index is -4.55. The van der Waals surface area contributed by atoms with Crippen LogP contribution in [0, 0.1) is 23.7 Å². The van der Waals surface area contributed by atoms with Crippen molar-refractivity contribution < 1.29 is 22.4 Å². The Balaban J connectivity index is 1.68. The van der Waals surface area contributed by atoms with E-state index in [1.165, 1.54) is 10.9 Å². The Labute approximate surface area is 219 Å². The van der Waals surface area contributed by atoms with Gasteiger partial charge in [0.25, 0.3) is 5.91 Å². The molecule has 2 aliphatic rings. The Morgan fingerprint density at radius 2 is 1.89 bits per heavy atom. The maximum atomic E-state index is 15.5. The van der Waals surface area contributed by atoms with E-state index in [1.807, 2.05) is 13.8 Å². The highest BCUT2D eigenvalue weighted by Gasteiger charge is 2.48. The molecule has 210 valence electrons. The number of carbonyl (C=O) groups excluding carboxylic acids is 1. The Morgan fingerprint density at radius 3 is 2.39 bits per heavy atom. The van der Waals surface area contributed by atoms with Crippen LogP contribution in [0.15, 0.2) is 30.4 Å². The Kier molecular flexibility index (Phi) is 8.05. The maximum absolute atomic E-state index is 15.5. The number of hydrogen-bond acceptors (Lipinski definition) is 6. The lowest BCUT2D eigenvalue weighted by atomic mass is 9.86. The standard InChI is InChI=1S/C25H36F4N8O/c1-4-18(20(11-30)35(31)13-25(27,28)29)36-12-17(23(26)34-36)22(21(15-5-6-15)16-7-8-16)33-24(38)19-9-10-32-37(19)14(2)3/h9-12,14-16,18,21-22H,4-8,13,30-31H2,1-3H3,(H,33,38)/b20-11-. The van der Waals surface area contributed by atoms with Crippen LogP contribution in [0.3, 0.4) is 0 Å². The van der Waals surface area contributed by atoms with Crippen LogP contribution in [0.4, 0.5) is 17.6 Å². The molecule has 0 saturated heterocycles. The van der Waals surface area contributed by atoms with E-state index in [4.69, 9.17) is 11.6 Å². The number of hydrazine groups is 1. The van der Waals surface area contributed by atoms with Crippen LogP contribution in [0.25, 0.3) is 0 Å². The van der Waals surface area contributed by atoms with Gasteiger partial charge in [-0.3, -0.25) is 14.2 Å². The summed E-state index contributed by atoms with van der Waals surface area (Å²) in [4.78, 5) is 13.4. The molecular weight excluding hydrogens is 504 g/mol. The molecule has 0 aliphatic heterocycles. The van der Waals surface area contributed by atoms with Crippen molar-refractivity contribution in [3.8, 4) is 0 Å². The van der Waals surface area contributed by atoms with Gasteiger partial charge in [0.2, 0.25) is 5.95 Å². The summed E-state index contributed by atoms with van der Waals surface area (Å²) < 4.78 is 57.4. The summed E-state index contributed by atoms with van der Waals surface area (Å²) in [5.41, 5.74) is 6.19. The number of hydrogen-bond donors (Lipinski definition) is 3. The van der Waals surface area contributed by atoms with Gasteiger partial charge in [0, 0.05) is 30.2 Å². The lowest BCUT2D eigenvalue weighted by molar-refractivity contribution is -0.143. The molecule has 5 N–H and O–H groups in total. The van der Waals surface area contributed by atoms with Crippen LogP contribution in [-0.2, 0) is 0 Å². The predicted octanol–water partition coefficient (Wildman–Crippen LogP) is 4.20. The van der Waals surface area contributed by atoms with Crippen LogP contribution < -0.4 is 16.9 Å². The van der Waals surface area contributed by atoms with Gasteiger partial charge in [0.05, 0.1) is 17.8 Å². The molecule has 2 heterocycles. The number of amides is 1. The number of allylic oxidation sites excluding steroid dienone is 1. The van der Waals surface area contributed by atoms with Gasteiger partial charge in [-0.15, -0.1) is 5.10 Å². The Morgan fingerprint density at radius 1 is 1.26 bits per heavy atom. The molecule has 38 heavy (non-hydrogen) atoms. The molecule has 2 aromatic heterocycles. The van der Waals surface area contributed by atoms with Gasteiger partial charge < -0.3 is 16.1 Å². The normalized spacial score (nSPS) is 18.2. The van der Waals surface area contributed by atoms with Gasteiger partial charge in [0.1, 0.15) is 12.2 Å². The number of alkyl halides is 3. The fraction of sp³-hybridized carbons (Fsp3) is 0.640. The Hall–Kier alpha value is -3.09. The number of nitrogens with zero attached hydrogens (tertiary/aromatic N) is 5. The van der Waals surface area contributed by atoms with Gasteiger partial charge in [-0.25, -0.2) is 5.84 Å². The number of aromatic nitrogens is 4. The fourth-order valence-corrected chi connectivity index (χ4v) is 5.36. The molecule has 2 aromatic rings. The molecule has 2 saturated carbocycles. The minimum absolute atomic E-state index is 0.0300. The first-order valence-electron chi connectivity index (χ1n) is 13.0. The van der Waals surface area contributed by atoms with E-state index in [9.17, 15) is 18.0 Å². The van der Waals surface area contributed by atoms with E-state index in [0.29, 0.717) is 22.5 Å². The average molecular weight is 541 g/mol. The molecule has 1 amide bonds. The lowest BCUT2D eigenvalue weighted by Gasteiger charge is -2.29. The van der Waals surface area contributed by atoms with E-state index in [0.717, 1.165) is 31.9 Å². The first-order valence-corrected chi connectivity index (χ1v) is 13.0. The molecule has 2 unspecified atom stereocenters. The van der Waals surface area contributed by atoms with Crippen molar-refractivity contribution in [2.24, 2.45) is 29.3 Å². The first kappa shape index (κ1) is 27.9. The van der Waals surface area contributed by atoms with Crippen molar-refractivity contribution in [3.63, 3.8) is 0 Å². The zero-order valence-electron chi connectivity index (χ0n) is 21.8. The number of nitrogens with two attached hydrogens (primary N) is 2. The third-order valence-corrected chi connectivity index (χ3v) is 7.34. The van der Waals surface area contributed by atoms with Crippen molar-refractivity contribution in [1.82, 2.24) is 29.9 Å². The monoisotopic (exact) mass is 540 g/mol. The summed E-state index contributed by atoms with van der Waals surface area (Å²) in [6.45, 7) is 4.12. The molecular formula is C25H36F4N8O. The topological polar surface area (TPSA) is 120 Å². The van der Waals surface area contributed by atoms with Crippen LogP contribution in [0.5, 0.6) is 0 Å². The summed E-state index contributed by atoms with van der Waals surface area (Å²) in [5.74, 6) is 5.30. The highest BCUT2D eigenvalue weighted by atomic mass is 19.4. The summed E-state index contributed by atoms with van der Waals surface area (Å²) >= 11 is 0. The lowest BCUT2D eigenvalue weighted by Crippen LogP contribution is -2.41. The van der Waals surface area contributed by atoms with E-state index >= 15 is 4.39 Å². The van der Waals surface area contributed by atoms with Crippen molar-refractivity contribution >= 4 is 5.91 Å². The van der Waals surface area contributed by atoms with Crippen molar-refractivity contribution in [2.75, 3.05) is 6.54 Å². The molecule has 0 radical (unpaired) electrons. The SMILES string of the molecule is CCC(/C(=C/N)N(N)CC(F)(F)F)n1cc(C(NC(=O)c2ccnn2C(C)C)C(C2CC2)C2CC2)c(F)n1. The van der Waals surface area contributed by atoms with Gasteiger partial charge >= 0.3 is 6.18 Å². The Bertz CT molecular complexity index is 1140. The van der Waals surface area contributed by atoms with Crippen molar-refractivity contribution in [1.29, 1.82) is 0 Å². The second-order valence-electron chi connectivity index (χ2n) is 10.6.